The Bertz CT molecular complexity index is 1860. The lowest BCUT2D eigenvalue weighted by Crippen LogP contribution is -2.45. The largest absolute Gasteiger partial charge is 0.492 e. The Kier molecular flexibility index (Phi) is 52.2. The fourth-order valence-corrected chi connectivity index (χ4v) is 8.96. The Morgan fingerprint density at radius 2 is 0.696 bits per heavy atom. The predicted molar refractivity (Wildman–Crippen MR) is 347 cm³/mol. The van der Waals surface area contributed by atoms with E-state index in [-0.39, 0.29) is 111 Å². The van der Waals surface area contributed by atoms with Gasteiger partial charge in [-0.2, -0.15) is 0 Å². The minimum absolute atomic E-state index is 0. The number of nitrogens with zero attached hydrogens (tertiary/aromatic N) is 4. The van der Waals surface area contributed by atoms with Crippen molar-refractivity contribution < 1.29 is 19.1 Å². The maximum Gasteiger partial charge on any atom is 0.236 e. The van der Waals surface area contributed by atoms with E-state index < -0.39 is 0 Å². The summed E-state index contributed by atoms with van der Waals surface area (Å²) in [7, 11) is 0. The maximum atomic E-state index is 13.9. The molecule has 2 saturated heterocycles. The lowest BCUT2D eigenvalue weighted by atomic mass is 10.0. The lowest BCUT2D eigenvalue weighted by molar-refractivity contribution is -0.133. The highest BCUT2D eigenvalue weighted by Gasteiger charge is 2.20. The Hall–Kier alpha value is -2.58. The molecule has 2 heterocycles. The third-order valence-corrected chi connectivity index (χ3v) is 13.2. The van der Waals surface area contributed by atoms with E-state index in [9.17, 15) is 9.59 Å². The molecule has 14 nitrogen and oxygen atoms in total. The van der Waals surface area contributed by atoms with E-state index in [4.69, 9.17) is 9.47 Å². The van der Waals surface area contributed by atoms with Gasteiger partial charge >= 0.3 is 0 Å². The summed E-state index contributed by atoms with van der Waals surface area (Å²) in [5.41, 5.74) is 4.82. The van der Waals surface area contributed by atoms with Crippen molar-refractivity contribution in [3.8, 4) is 11.5 Å². The number of benzene rings is 4. The van der Waals surface area contributed by atoms with Crippen molar-refractivity contribution in [2.75, 3.05) is 157 Å². The van der Waals surface area contributed by atoms with Gasteiger partial charge in [0.25, 0.3) is 0 Å². The van der Waals surface area contributed by atoms with Gasteiger partial charge < -0.3 is 51.2 Å². The van der Waals surface area contributed by atoms with E-state index in [1.807, 2.05) is 46.2 Å². The molecule has 452 valence electrons. The van der Waals surface area contributed by atoms with Crippen LogP contribution in [0.15, 0.2) is 109 Å². The Morgan fingerprint density at radius 3 is 1.05 bits per heavy atom. The van der Waals surface area contributed by atoms with E-state index in [2.05, 4.69) is 114 Å². The third kappa shape index (κ3) is 35.2. The molecule has 22 heteroatoms. The van der Waals surface area contributed by atoms with Gasteiger partial charge in [-0.3, -0.25) is 19.4 Å². The van der Waals surface area contributed by atoms with Crippen molar-refractivity contribution in [2.24, 2.45) is 0 Å². The minimum atomic E-state index is 0. The average molecular weight is 1270 g/mol. The van der Waals surface area contributed by atoms with Gasteiger partial charge in [-0.05, 0) is 144 Å². The van der Waals surface area contributed by atoms with E-state index in [1.54, 1.807) is 0 Å². The van der Waals surface area contributed by atoms with Crippen LogP contribution in [-0.2, 0) is 28.9 Å². The van der Waals surface area contributed by atoms with Crippen LogP contribution in [0, 0.1) is 0 Å². The van der Waals surface area contributed by atoms with E-state index >= 15 is 0 Å². The number of rotatable bonds is 20. The van der Waals surface area contributed by atoms with Crippen LogP contribution in [-0.4, -0.2) is 189 Å². The zero-order chi connectivity index (χ0) is 49.2. The topological polar surface area (TPSA) is 138 Å². The summed E-state index contributed by atoms with van der Waals surface area (Å²) in [6, 6.07) is 37.4. The van der Waals surface area contributed by atoms with Gasteiger partial charge in [-0.15, -0.1) is 99.3 Å². The first kappa shape index (κ1) is 80.6. The average Bonchev–Trinajstić information content (AvgIpc) is 3.39. The van der Waals surface area contributed by atoms with Crippen molar-refractivity contribution in [3.05, 3.63) is 131 Å². The highest BCUT2D eigenvalue weighted by Crippen LogP contribution is 2.19. The molecule has 4 aromatic rings. The molecule has 0 atom stereocenters. The molecule has 2 aliphatic rings. The molecule has 79 heavy (non-hydrogen) atoms. The second-order valence-electron chi connectivity index (χ2n) is 18.9. The first-order valence-electron chi connectivity index (χ1n) is 26.8. The predicted octanol–water partition coefficient (Wildman–Crippen LogP) is 7.28. The quantitative estimate of drug-likeness (QED) is 0.0531. The fraction of sp³-hybridized carbons (Fsp3) is 0.544. The molecule has 6 rings (SSSR count). The molecule has 0 bridgehead atoms. The minimum Gasteiger partial charge on any atom is -0.492 e. The van der Waals surface area contributed by atoms with E-state index in [0.29, 0.717) is 52.5 Å². The number of carbonyl (C=O) groups excluding carboxylic acids is 2. The van der Waals surface area contributed by atoms with Crippen molar-refractivity contribution in [1.29, 1.82) is 0 Å². The molecule has 6 N–H and O–H groups in total. The number of halogens is 8. The molecule has 0 unspecified atom stereocenters. The number of nitrogens with one attached hydrogen (secondary N) is 6. The van der Waals surface area contributed by atoms with Crippen LogP contribution in [0.5, 0.6) is 11.5 Å². The maximum absolute atomic E-state index is 13.9. The van der Waals surface area contributed by atoms with Crippen molar-refractivity contribution in [2.45, 2.75) is 44.9 Å². The zero-order valence-electron chi connectivity index (χ0n) is 46.0. The first-order chi connectivity index (χ1) is 35.1. The highest BCUT2D eigenvalue weighted by molar-refractivity contribution is 5.86. The highest BCUT2D eigenvalue weighted by atomic mass is 35.5. The van der Waals surface area contributed by atoms with Crippen LogP contribution >= 0.6 is 99.3 Å². The van der Waals surface area contributed by atoms with Crippen molar-refractivity contribution >= 4 is 111 Å². The summed E-state index contributed by atoms with van der Waals surface area (Å²) in [6.07, 6.45) is 6.59. The summed E-state index contributed by atoms with van der Waals surface area (Å²) in [5, 5.41) is 21.2. The molecule has 2 aliphatic heterocycles. The summed E-state index contributed by atoms with van der Waals surface area (Å²) in [6.45, 7) is 19.0. The molecular weight excluding hydrogens is 1170 g/mol. The SMILES string of the molecule is Cl.Cl.Cl.Cl.Cl.Cl.Cl.Cl.O=C(CN1CCCNCCNCCCNCC1)N(CCOc1ccc(Cc2ccc(OCCN(CCc3ccccc3)C(=O)CN3CCCNCCNCCCNCC3)cc2)cc1)CCc1ccccc1. The second-order valence-corrected chi connectivity index (χ2v) is 18.9. The van der Waals surface area contributed by atoms with E-state index in [1.165, 1.54) is 22.3 Å². The molecule has 0 spiro atoms. The third-order valence-electron chi connectivity index (χ3n) is 13.2. The van der Waals surface area contributed by atoms with Crippen LogP contribution in [0.1, 0.15) is 47.9 Å². The molecule has 2 amide bonds. The smallest absolute Gasteiger partial charge is 0.236 e. The van der Waals surface area contributed by atoms with Gasteiger partial charge in [-0.1, -0.05) is 84.9 Å². The summed E-state index contributed by atoms with van der Waals surface area (Å²) in [4.78, 5) is 36.5. The Labute approximate surface area is 523 Å². The van der Waals surface area contributed by atoms with Gasteiger partial charge in [0.2, 0.25) is 11.8 Å². The lowest BCUT2D eigenvalue weighted by Gasteiger charge is -2.28. The molecule has 2 fully saturated rings. The number of carbonyl (C=O) groups is 2. The molecule has 0 aromatic heterocycles. The van der Waals surface area contributed by atoms with Crippen LogP contribution < -0.4 is 41.4 Å². The fourth-order valence-electron chi connectivity index (χ4n) is 8.96. The molecular formula is C57H94Cl8N10O4. The number of amides is 2. The second kappa shape index (κ2) is 51.1. The molecule has 0 aliphatic carbocycles. The molecule has 0 saturated carbocycles. The number of hydrogen-bond donors (Lipinski definition) is 6. The summed E-state index contributed by atoms with van der Waals surface area (Å²) >= 11 is 0. The monoisotopic (exact) mass is 1260 g/mol. The zero-order valence-corrected chi connectivity index (χ0v) is 52.5. The van der Waals surface area contributed by atoms with Crippen molar-refractivity contribution in [3.63, 3.8) is 0 Å². The van der Waals surface area contributed by atoms with E-state index in [0.717, 1.165) is 161 Å². The number of ether oxygens (including phenoxy) is 2. The van der Waals surface area contributed by atoms with Crippen LogP contribution in [0.2, 0.25) is 0 Å². The van der Waals surface area contributed by atoms with Crippen LogP contribution in [0.3, 0.4) is 0 Å². The first-order valence-corrected chi connectivity index (χ1v) is 26.8. The Morgan fingerprint density at radius 1 is 0.367 bits per heavy atom. The van der Waals surface area contributed by atoms with Gasteiger partial charge in [0.15, 0.2) is 0 Å². The summed E-state index contributed by atoms with van der Waals surface area (Å²) in [5.74, 6) is 1.89. The van der Waals surface area contributed by atoms with Gasteiger partial charge in [0.1, 0.15) is 24.7 Å². The number of hydrogen-bond acceptors (Lipinski definition) is 12. The van der Waals surface area contributed by atoms with Gasteiger partial charge in [0, 0.05) is 65.4 Å². The standard InChI is InChI=1S/C57H86N10O4.8ClH/c68-56(48-64-37-9-29-60-33-31-58-25-7-27-62-35-41-64)66(39-23-50-11-3-1-4-12-50)43-45-70-54-19-15-52(16-20-54)47-53-17-21-55(22-18-53)71-46-44-67(40-24-51-13-5-2-6-14-51)57(69)49-65-38-10-30-61-34-32-59-26-8-28-63-36-42-65;;;;;;;;/h1-6,11-22,58-63H,7-10,23-49H2;8*1H. The molecule has 0 radical (unpaired) electrons. The van der Waals surface area contributed by atoms with Crippen LogP contribution in [0.4, 0.5) is 0 Å². The summed E-state index contributed by atoms with van der Waals surface area (Å²) < 4.78 is 12.5. The normalized spacial score (nSPS) is 15.3. The molecule has 4 aromatic carbocycles. The van der Waals surface area contributed by atoms with Crippen molar-refractivity contribution in [1.82, 2.24) is 51.5 Å². The van der Waals surface area contributed by atoms with Gasteiger partial charge in [-0.25, -0.2) is 0 Å². The van der Waals surface area contributed by atoms with Gasteiger partial charge in [0.05, 0.1) is 26.2 Å². The Balaban J connectivity index is -0.00000722. The van der Waals surface area contributed by atoms with Crippen LogP contribution in [0.25, 0.3) is 0 Å².